The Bertz CT molecular complexity index is 496. The van der Waals surface area contributed by atoms with E-state index < -0.39 is 0 Å². The van der Waals surface area contributed by atoms with Crippen LogP contribution >= 0.6 is 0 Å². The van der Waals surface area contributed by atoms with Crippen molar-refractivity contribution in [2.24, 2.45) is 5.92 Å². The summed E-state index contributed by atoms with van der Waals surface area (Å²) in [7, 11) is 0. The highest BCUT2D eigenvalue weighted by atomic mass is 16.3. The summed E-state index contributed by atoms with van der Waals surface area (Å²) in [6.07, 6.45) is 0. The highest BCUT2D eigenvalue weighted by Crippen LogP contribution is 2.25. The van der Waals surface area contributed by atoms with Crippen molar-refractivity contribution >= 4 is 11.6 Å². The van der Waals surface area contributed by atoms with Gasteiger partial charge in [-0.15, -0.1) is 0 Å². The van der Waals surface area contributed by atoms with E-state index in [0.29, 0.717) is 18.2 Å². The van der Waals surface area contributed by atoms with Crippen molar-refractivity contribution in [2.75, 3.05) is 37.6 Å². The summed E-state index contributed by atoms with van der Waals surface area (Å²) in [5, 5.41) is 13.0. The van der Waals surface area contributed by atoms with Crippen LogP contribution < -0.4 is 15.1 Å². The van der Waals surface area contributed by atoms with E-state index in [1.165, 1.54) is 4.90 Å². The number of benzene rings is 1. The van der Waals surface area contributed by atoms with Crippen LogP contribution in [0.25, 0.3) is 0 Å². The second-order valence-corrected chi connectivity index (χ2v) is 6.50. The van der Waals surface area contributed by atoms with Crippen LogP contribution in [0.3, 0.4) is 0 Å². The number of rotatable bonds is 5. The van der Waals surface area contributed by atoms with Gasteiger partial charge in [0.15, 0.2) is 6.54 Å². The highest BCUT2D eigenvalue weighted by molar-refractivity contribution is 5.77. The monoisotopic (exact) mass is 306 g/mol. The molecule has 1 fully saturated rings. The highest BCUT2D eigenvalue weighted by Gasteiger charge is 2.24. The minimum Gasteiger partial charge on any atom is -0.506 e. The van der Waals surface area contributed by atoms with Crippen LogP contribution in [-0.4, -0.2) is 49.8 Å². The van der Waals surface area contributed by atoms with E-state index in [4.69, 9.17) is 0 Å². The Labute approximate surface area is 132 Å². The number of carbonyl (C=O) groups excluding carboxylic acids is 1. The van der Waals surface area contributed by atoms with Gasteiger partial charge in [-0.3, -0.25) is 4.79 Å². The van der Waals surface area contributed by atoms with Crippen LogP contribution in [0.5, 0.6) is 5.75 Å². The Morgan fingerprint density at radius 3 is 2.50 bits per heavy atom. The van der Waals surface area contributed by atoms with Crippen molar-refractivity contribution in [1.82, 2.24) is 5.32 Å². The maximum absolute atomic E-state index is 12.0. The van der Waals surface area contributed by atoms with Crippen LogP contribution in [0.4, 0.5) is 5.69 Å². The number of nitrogens with one attached hydrogen (secondary N) is 2. The van der Waals surface area contributed by atoms with Gasteiger partial charge in [-0.1, -0.05) is 26.0 Å². The molecule has 1 aliphatic rings. The van der Waals surface area contributed by atoms with E-state index in [1.54, 1.807) is 6.07 Å². The first-order chi connectivity index (χ1) is 10.5. The van der Waals surface area contributed by atoms with E-state index in [9.17, 15) is 9.90 Å². The molecule has 0 spiro atoms. The summed E-state index contributed by atoms with van der Waals surface area (Å²) in [6.45, 7) is 10.4. The smallest absolute Gasteiger partial charge is 0.275 e. The van der Waals surface area contributed by atoms with E-state index in [2.05, 4.69) is 24.1 Å². The van der Waals surface area contributed by atoms with E-state index in [-0.39, 0.29) is 11.9 Å². The average molecular weight is 306 g/mol. The lowest BCUT2D eigenvalue weighted by molar-refractivity contribution is -0.892. The summed E-state index contributed by atoms with van der Waals surface area (Å²) >= 11 is 0. The molecule has 0 bridgehead atoms. The van der Waals surface area contributed by atoms with Gasteiger partial charge in [-0.2, -0.15) is 0 Å². The topological polar surface area (TPSA) is 57.0 Å². The lowest BCUT2D eigenvalue weighted by atomic mass is 10.1. The van der Waals surface area contributed by atoms with Gasteiger partial charge in [0, 0.05) is 6.04 Å². The molecule has 0 aromatic heterocycles. The number of aromatic hydroxyl groups is 1. The molecular weight excluding hydrogens is 278 g/mol. The summed E-state index contributed by atoms with van der Waals surface area (Å²) in [6, 6.07) is 7.65. The molecule has 1 amide bonds. The zero-order chi connectivity index (χ0) is 16.1. The molecular formula is C17H28N3O2+. The largest absolute Gasteiger partial charge is 0.506 e. The molecule has 0 radical (unpaired) electrons. The van der Waals surface area contributed by atoms with E-state index in [0.717, 1.165) is 31.9 Å². The van der Waals surface area contributed by atoms with Crippen molar-refractivity contribution in [3.05, 3.63) is 24.3 Å². The maximum Gasteiger partial charge on any atom is 0.275 e. The first-order valence-electron chi connectivity index (χ1n) is 8.13. The third-order valence-corrected chi connectivity index (χ3v) is 4.49. The number of quaternary nitrogens is 1. The molecule has 3 N–H and O–H groups in total. The quantitative estimate of drug-likeness (QED) is 0.731. The molecule has 5 nitrogen and oxygen atoms in total. The molecule has 0 unspecified atom stereocenters. The first kappa shape index (κ1) is 16.6. The number of hydrogen-bond acceptors (Lipinski definition) is 3. The van der Waals surface area contributed by atoms with Crippen molar-refractivity contribution in [1.29, 1.82) is 0 Å². The number of amides is 1. The number of carbonyl (C=O) groups is 1. The lowest BCUT2D eigenvalue weighted by Crippen LogP contribution is -3.16. The van der Waals surface area contributed by atoms with Gasteiger partial charge in [0.25, 0.3) is 5.91 Å². The Balaban J connectivity index is 1.80. The number of phenolic OH excluding ortho intramolecular Hbond substituents is 1. The minimum absolute atomic E-state index is 0.132. The molecule has 1 saturated heterocycles. The number of hydrogen-bond donors (Lipinski definition) is 3. The fourth-order valence-electron chi connectivity index (χ4n) is 2.67. The van der Waals surface area contributed by atoms with E-state index in [1.807, 2.05) is 25.1 Å². The summed E-state index contributed by atoms with van der Waals surface area (Å²) in [5.41, 5.74) is 0.888. The molecule has 0 aliphatic carbocycles. The average Bonchev–Trinajstić information content (AvgIpc) is 2.48. The molecule has 1 heterocycles. The van der Waals surface area contributed by atoms with Crippen molar-refractivity contribution in [3.63, 3.8) is 0 Å². The van der Waals surface area contributed by atoms with Crippen molar-refractivity contribution in [3.8, 4) is 5.75 Å². The molecule has 1 aliphatic heterocycles. The third kappa shape index (κ3) is 4.37. The zero-order valence-corrected chi connectivity index (χ0v) is 13.8. The van der Waals surface area contributed by atoms with Crippen LogP contribution in [-0.2, 0) is 4.79 Å². The van der Waals surface area contributed by atoms with Gasteiger partial charge < -0.3 is 20.2 Å². The Hall–Kier alpha value is -1.75. The fraction of sp³-hybridized carbons (Fsp3) is 0.588. The molecule has 122 valence electrons. The summed E-state index contributed by atoms with van der Waals surface area (Å²) in [4.78, 5) is 15.5. The number of phenols is 1. The Kier molecular flexibility index (Phi) is 5.66. The molecule has 1 atom stereocenters. The molecule has 1 aromatic rings. The molecule has 5 heteroatoms. The first-order valence-corrected chi connectivity index (χ1v) is 8.13. The summed E-state index contributed by atoms with van der Waals surface area (Å²) in [5.74, 6) is 0.915. The minimum atomic E-state index is 0.132. The Morgan fingerprint density at radius 2 is 1.91 bits per heavy atom. The predicted octanol–water partition coefficient (Wildman–Crippen LogP) is 0.258. The van der Waals surface area contributed by atoms with Crippen LogP contribution in [0.2, 0.25) is 0 Å². The van der Waals surface area contributed by atoms with Gasteiger partial charge >= 0.3 is 0 Å². The molecule has 0 saturated carbocycles. The number of anilines is 1. The number of piperazine rings is 1. The predicted molar refractivity (Wildman–Crippen MR) is 88.3 cm³/mol. The van der Waals surface area contributed by atoms with Crippen LogP contribution in [0, 0.1) is 5.92 Å². The molecule has 1 aromatic carbocycles. The lowest BCUT2D eigenvalue weighted by Gasteiger charge is -2.33. The SMILES string of the molecule is CC(C)[C@@H](C)NC(=O)C[NH+]1CCN(c2ccccc2O)CC1. The van der Waals surface area contributed by atoms with E-state index >= 15 is 0 Å². The number of nitrogens with zero attached hydrogens (tertiary/aromatic N) is 1. The fourth-order valence-corrected chi connectivity index (χ4v) is 2.67. The van der Waals surface area contributed by atoms with Crippen molar-refractivity contribution in [2.45, 2.75) is 26.8 Å². The van der Waals surface area contributed by atoms with Gasteiger partial charge in [0.2, 0.25) is 0 Å². The maximum atomic E-state index is 12.0. The molecule has 2 rings (SSSR count). The number of para-hydroxylation sites is 2. The van der Waals surface area contributed by atoms with Gasteiger partial charge in [0.05, 0.1) is 31.9 Å². The normalized spacial score (nSPS) is 17.5. The second kappa shape index (κ2) is 7.49. The summed E-state index contributed by atoms with van der Waals surface area (Å²) < 4.78 is 0. The van der Waals surface area contributed by atoms with Crippen LogP contribution in [0.1, 0.15) is 20.8 Å². The van der Waals surface area contributed by atoms with Gasteiger partial charge in [0.1, 0.15) is 5.75 Å². The van der Waals surface area contributed by atoms with Gasteiger partial charge in [-0.25, -0.2) is 0 Å². The van der Waals surface area contributed by atoms with Gasteiger partial charge in [-0.05, 0) is 25.0 Å². The molecule has 22 heavy (non-hydrogen) atoms. The standard InChI is InChI=1S/C17H27N3O2/c1-13(2)14(3)18-17(22)12-19-8-10-20(11-9-19)15-6-4-5-7-16(15)21/h4-7,13-14,21H,8-12H2,1-3H3,(H,18,22)/p+1/t14-/m1/s1. The van der Waals surface area contributed by atoms with Crippen molar-refractivity contribution < 1.29 is 14.8 Å². The second-order valence-electron chi connectivity index (χ2n) is 6.50. The third-order valence-electron chi connectivity index (χ3n) is 4.49. The Morgan fingerprint density at radius 1 is 1.27 bits per heavy atom. The zero-order valence-electron chi connectivity index (χ0n) is 13.8. The van der Waals surface area contributed by atoms with Crippen LogP contribution in [0.15, 0.2) is 24.3 Å².